The van der Waals surface area contributed by atoms with Gasteiger partial charge in [0.25, 0.3) is 0 Å². The monoisotopic (exact) mass is 209 g/mol. The number of rotatable bonds is 4. The van der Waals surface area contributed by atoms with Crippen LogP contribution in [-0.4, -0.2) is 36.4 Å². The maximum atomic E-state index is 11.3. The molecule has 0 aromatic carbocycles. The molecule has 0 aliphatic rings. The Morgan fingerprint density at radius 1 is 1.47 bits per heavy atom. The van der Waals surface area contributed by atoms with E-state index in [1.54, 1.807) is 32.3 Å². The van der Waals surface area contributed by atoms with Gasteiger partial charge in [0.1, 0.15) is 11.6 Å². The second-order valence-electron chi connectivity index (χ2n) is 3.19. The number of anilines is 2. The lowest BCUT2D eigenvalue weighted by Crippen LogP contribution is -2.28. The highest BCUT2D eigenvalue weighted by molar-refractivity contribution is 5.80. The number of nitrogen functional groups attached to an aromatic ring is 1. The van der Waals surface area contributed by atoms with Gasteiger partial charge >= 0.3 is 0 Å². The minimum Gasteiger partial charge on any atom is -0.361 e. The summed E-state index contributed by atoms with van der Waals surface area (Å²) in [6.45, 7) is 0.216. The first-order valence-corrected chi connectivity index (χ1v) is 4.51. The van der Waals surface area contributed by atoms with Gasteiger partial charge in [-0.05, 0) is 12.1 Å². The number of likely N-dealkylation sites (N-methyl/N-ethyl adjacent to an activating group) is 1. The van der Waals surface area contributed by atoms with Crippen molar-refractivity contribution in [2.75, 3.05) is 31.4 Å². The lowest BCUT2D eigenvalue weighted by Gasteiger charge is -2.11. The maximum absolute atomic E-state index is 11.3. The van der Waals surface area contributed by atoms with Crippen LogP contribution in [0.3, 0.4) is 0 Å². The molecule has 0 aliphatic heterocycles. The zero-order valence-corrected chi connectivity index (χ0v) is 8.82. The van der Waals surface area contributed by atoms with Crippen LogP contribution in [-0.2, 0) is 4.79 Å². The van der Waals surface area contributed by atoms with E-state index in [2.05, 4.69) is 15.7 Å². The average molecular weight is 209 g/mol. The van der Waals surface area contributed by atoms with Gasteiger partial charge in [-0.1, -0.05) is 6.07 Å². The Bertz CT molecular complexity index is 339. The molecule has 1 amide bonds. The van der Waals surface area contributed by atoms with Crippen LogP contribution in [0.2, 0.25) is 0 Å². The lowest BCUT2D eigenvalue weighted by molar-refractivity contribution is -0.126. The summed E-state index contributed by atoms with van der Waals surface area (Å²) in [6.07, 6.45) is 0. The summed E-state index contributed by atoms with van der Waals surface area (Å²) in [6, 6.07) is 5.30. The molecule has 15 heavy (non-hydrogen) atoms. The van der Waals surface area contributed by atoms with E-state index in [4.69, 9.17) is 5.84 Å². The zero-order chi connectivity index (χ0) is 11.3. The predicted octanol–water partition coefficient (Wildman–Crippen LogP) is -0.133. The van der Waals surface area contributed by atoms with Crippen molar-refractivity contribution in [3.05, 3.63) is 18.2 Å². The first-order chi connectivity index (χ1) is 7.13. The van der Waals surface area contributed by atoms with Crippen molar-refractivity contribution in [3.8, 4) is 0 Å². The second-order valence-corrected chi connectivity index (χ2v) is 3.19. The van der Waals surface area contributed by atoms with Crippen LogP contribution >= 0.6 is 0 Å². The summed E-state index contributed by atoms with van der Waals surface area (Å²) in [7, 11) is 3.41. The van der Waals surface area contributed by atoms with E-state index in [1.807, 2.05) is 0 Å². The molecule has 1 rings (SSSR count). The van der Waals surface area contributed by atoms with Gasteiger partial charge in [0.2, 0.25) is 5.91 Å². The zero-order valence-electron chi connectivity index (χ0n) is 8.82. The van der Waals surface area contributed by atoms with Gasteiger partial charge in [0.05, 0.1) is 6.54 Å². The first kappa shape index (κ1) is 11.3. The van der Waals surface area contributed by atoms with Crippen LogP contribution in [0.4, 0.5) is 11.6 Å². The fraction of sp³-hybridized carbons (Fsp3) is 0.333. The molecule has 0 spiro atoms. The summed E-state index contributed by atoms with van der Waals surface area (Å²) in [5.41, 5.74) is 2.43. The Hall–Kier alpha value is -1.82. The van der Waals surface area contributed by atoms with Crippen LogP contribution < -0.4 is 16.6 Å². The number of nitrogens with one attached hydrogen (secondary N) is 2. The number of aromatic nitrogens is 1. The van der Waals surface area contributed by atoms with Gasteiger partial charge in [-0.3, -0.25) is 4.79 Å². The molecule has 0 unspecified atom stereocenters. The Morgan fingerprint density at radius 3 is 2.73 bits per heavy atom. The molecule has 0 saturated carbocycles. The molecule has 0 aliphatic carbocycles. The molecular formula is C9H15N5O. The molecule has 6 heteroatoms. The summed E-state index contributed by atoms with van der Waals surface area (Å²) in [5.74, 6) is 6.36. The molecule has 1 aromatic rings. The predicted molar refractivity (Wildman–Crippen MR) is 59.2 cm³/mol. The SMILES string of the molecule is CN(C)C(=O)CNc1cccc(NN)n1. The van der Waals surface area contributed by atoms with Gasteiger partial charge in [-0.2, -0.15) is 0 Å². The minimum atomic E-state index is -0.0112. The van der Waals surface area contributed by atoms with E-state index in [0.29, 0.717) is 11.6 Å². The highest BCUT2D eigenvalue weighted by atomic mass is 16.2. The minimum absolute atomic E-state index is 0.0112. The van der Waals surface area contributed by atoms with Gasteiger partial charge in [-0.25, -0.2) is 10.8 Å². The van der Waals surface area contributed by atoms with Crippen LogP contribution in [0.1, 0.15) is 0 Å². The molecule has 82 valence electrons. The third-order valence-electron chi connectivity index (χ3n) is 1.82. The number of carbonyl (C=O) groups is 1. The average Bonchev–Trinajstić information content (AvgIpc) is 2.26. The van der Waals surface area contributed by atoms with Crippen LogP contribution in [0.5, 0.6) is 0 Å². The smallest absolute Gasteiger partial charge is 0.241 e. The normalized spacial score (nSPS) is 9.53. The molecule has 1 aromatic heterocycles. The lowest BCUT2D eigenvalue weighted by atomic mass is 10.4. The summed E-state index contributed by atoms with van der Waals surface area (Å²) in [5, 5.41) is 2.90. The molecule has 0 fully saturated rings. The molecule has 4 N–H and O–H groups in total. The van der Waals surface area contributed by atoms with E-state index in [1.165, 1.54) is 4.90 Å². The number of hydrogen-bond donors (Lipinski definition) is 3. The Morgan fingerprint density at radius 2 is 2.13 bits per heavy atom. The highest BCUT2D eigenvalue weighted by Crippen LogP contribution is 2.07. The van der Waals surface area contributed by atoms with Crippen molar-refractivity contribution in [3.63, 3.8) is 0 Å². The van der Waals surface area contributed by atoms with E-state index < -0.39 is 0 Å². The highest BCUT2D eigenvalue weighted by Gasteiger charge is 2.03. The van der Waals surface area contributed by atoms with Gasteiger partial charge in [0.15, 0.2) is 0 Å². The molecule has 6 nitrogen and oxygen atoms in total. The Balaban J connectivity index is 2.54. The molecular weight excluding hydrogens is 194 g/mol. The summed E-state index contributed by atoms with van der Waals surface area (Å²) >= 11 is 0. The van der Waals surface area contributed by atoms with E-state index >= 15 is 0 Å². The molecule has 0 bridgehead atoms. The van der Waals surface area contributed by atoms with Crippen molar-refractivity contribution in [1.82, 2.24) is 9.88 Å². The van der Waals surface area contributed by atoms with Crippen molar-refractivity contribution in [2.45, 2.75) is 0 Å². The first-order valence-electron chi connectivity index (χ1n) is 4.51. The van der Waals surface area contributed by atoms with Gasteiger partial charge in [0, 0.05) is 14.1 Å². The van der Waals surface area contributed by atoms with Crippen LogP contribution in [0.15, 0.2) is 18.2 Å². The Kier molecular flexibility index (Phi) is 3.87. The van der Waals surface area contributed by atoms with Crippen LogP contribution in [0, 0.1) is 0 Å². The maximum Gasteiger partial charge on any atom is 0.241 e. The van der Waals surface area contributed by atoms with Crippen molar-refractivity contribution < 1.29 is 4.79 Å². The third kappa shape index (κ3) is 3.43. The summed E-state index contributed by atoms with van der Waals surface area (Å²) < 4.78 is 0. The fourth-order valence-corrected chi connectivity index (χ4v) is 0.938. The number of nitrogens with two attached hydrogens (primary N) is 1. The summed E-state index contributed by atoms with van der Waals surface area (Å²) in [4.78, 5) is 16.9. The van der Waals surface area contributed by atoms with Crippen molar-refractivity contribution in [2.24, 2.45) is 5.84 Å². The number of hydrogen-bond acceptors (Lipinski definition) is 5. The number of hydrazine groups is 1. The number of pyridine rings is 1. The molecule has 0 saturated heterocycles. The second kappa shape index (κ2) is 5.16. The van der Waals surface area contributed by atoms with Gasteiger partial charge in [-0.15, -0.1) is 0 Å². The van der Waals surface area contributed by atoms with Crippen LogP contribution in [0.25, 0.3) is 0 Å². The van der Waals surface area contributed by atoms with Gasteiger partial charge < -0.3 is 15.6 Å². The molecule has 0 atom stereocenters. The largest absolute Gasteiger partial charge is 0.361 e. The molecule has 1 heterocycles. The molecule has 0 radical (unpaired) electrons. The third-order valence-corrected chi connectivity index (χ3v) is 1.82. The van der Waals surface area contributed by atoms with E-state index in [0.717, 1.165) is 0 Å². The Labute approximate surface area is 88.4 Å². The van der Waals surface area contributed by atoms with E-state index in [9.17, 15) is 4.79 Å². The quantitative estimate of drug-likeness (QED) is 0.475. The van der Waals surface area contributed by atoms with E-state index in [-0.39, 0.29) is 12.5 Å². The number of nitrogens with zero attached hydrogens (tertiary/aromatic N) is 2. The standard InChI is InChI=1S/C9H15N5O/c1-14(2)9(15)6-11-7-4-3-5-8(12-7)13-10/h3-5H,6,10H2,1-2H3,(H2,11,12,13). The van der Waals surface area contributed by atoms with Crippen molar-refractivity contribution in [1.29, 1.82) is 0 Å². The fourth-order valence-electron chi connectivity index (χ4n) is 0.938. The topological polar surface area (TPSA) is 83.3 Å². The van der Waals surface area contributed by atoms with Crippen molar-refractivity contribution >= 4 is 17.5 Å². The number of amides is 1. The number of carbonyl (C=O) groups excluding carboxylic acids is 1.